The van der Waals surface area contributed by atoms with E-state index in [4.69, 9.17) is 34.1 Å². The monoisotopic (exact) mass is 637 g/mol. The molecule has 0 saturated carbocycles. The maximum absolute atomic E-state index is 13.3. The van der Waals surface area contributed by atoms with Gasteiger partial charge in [-0.3, -0.25) is 29.6 Å². The van der Waals surface area contributed by atoms with Gasteiger partial charge in [0, 0.05) is 25.2 Å². The van der Waals surface area contributed by atoms with Crippen molar-refractivity contribution in [1.82, 2.24) is 21.3 Å². The molecule has 2 rings (SSSR count). The first-order valence-electron chi connectivity index (χ1n) is 15.1. The number of rotatable bonds is 20. The van der Waals surface area contributed by atoms with Crippen LogP contribution in [0.2, 0.25) is 0 Å². The highest BCUT2D eigenvalue weighted by atomic mass is 16.2. The molecule has 0 heterocycles. The van der Waals surface area contributed by atoms with E-state index in [2.05, 4.69) is 26.3 Å². The quantitative estimate of drug-likeness (QED) is 0.0455. The van der Waals surface area contributed by atoms with E-state index in [1.54, 1.807) is 36.4 Å². The summed E-state index contributed by atoms with van der Waals surface area (Å²) in [5, 5.41) is 18.4. The molecule has 0 aliphatic heterocycles. The molecule has 0 fully saturated rings. The number of nitrogens with one attached hydrogen (secondary N) is 5. The number of carbonyl (C=O) groups is 4. The molecule has 15 heteroatoms. The zero-order valence-corrected chi connectivity index (χ0v) is 26.0. The van der Waals surface area contributed by atoms with E-state index >= 15 is 0 Å². The van der Waals surface area contributed by atoms with Crippen LogP contribution in [0, 0.1) is 5.41 Å². The van der Waals surface area contributed by atoms with Gasteiger partial charge in [-0.1, -0.05) is 54.6 Å². The Balaban J connectivity index is 2.08. The van der Waals surface area contributed by atoms with Crippen LogP contribution in [-0.4, -0.2) is 73.2 Å². The number of amides is 4. The topological polar surface area (TPSA) is 283 Å². The van der Waals surface area contributed by atoms with Crippen LogP contribution in [0.1, 0.15) is 48.8 Å². The Kier molecular flexibility index (Phi) is 16.2. The minimum atomic E-state index is -1.18. The van der Waals surface area contributed by atoms with E-state index in [0.29, 0.717) is 37.8 Å². The van der Waals surface area contributed by atoms with Gasteiger partial charge in [0.25, 0.3) is 0 Å². The smallest absolute Gasteiger partial charge is 0.244 e. The Morgan fingerprint density at radius 2 is 1.33 bits per heavy atom. The number of amidine groups is 1. The Morgan fingerprint density at radius 1 is 0.717 bits per heavy atom. The highest BCUT2D eigenvalue weighted by Gasteiger charge is 2.29. The average Bonchev–Trinajstić information content (AvgIpc) is 3.03. The molecular weight excluding hydrogens is 590 g/mol. The van der Waals surface area contributed by atoms with Gasteiger partial charge in [0.2, 0.25) is 23.6 Å². The van der Waals surface area contributed by atoms with Crippen molar-refractivity contribution in [3.05, 3.63) is 71.3 Å². The summed E-state index contributed by atoms with van der Waals surface area (Å²) in [5.41, 5.74) is 29.9. The number of unbranched alkanes of at least 4 members (excludes halogenated alkanes) is 1. The predicted molar refractivity (Wildman–Crippen MR) is 177 cm³/mol. The Hall–Kier alpha value is -5.02. The summed E-state index contributed by atoms with van der Waals surface area (Å²) in [6.07, 6.45) is 2.16. The third-order valence-electron chi connectivity index (χ3n) is 6.98. The zero-order valence-electron chi connectivity index (χ0n) is 26.0. The van der Waals surface area contributed by atoms with Crippen LogP contribution in [0.5, 0.6) is 0 Å². The molecule has 2 aromatic carbocycles. The van der Waals surface area contributed by atoms with Crippen molar-refractivity contribution < 1.29 is 19.2 Å². The zero-order chi connectivity index (χ0) is 33.9. The minimum absolute atomic E-state index is 0.0553. The first kappa shape index (κ1) is 37.2. The van der Waals surface area contributed by atoms with Crippen molar-refractivity contribution in [1.29, 1.82) is 5.41 Å². The van der Waals surface area contributed by atoms with Crippen molar-refractivity contribution in [3.63, 3.8) is 0 Å². The van der Waals surface area contributed by atoms with Crippen molar-refractivity contribution in [2.45, 2.75) is 63.2 Å². The largest absolute Gasteiger partial charge is 0.384 e. The molecule has 0 aliphatic carbocycles. The van der Waals surface area contributed by atoms with Gasteiger partial charge in [0.15, 0.2) is 5.96 Å². The summed E-state index contributed by atoms with van der Waals surface area (Å²) in [4.78, 5) is 56.4. The summed E-state index contributed by atoms with van der Waals surface area (Å²) in [5.74, 6) is -2.22. The van der Waals surface area contributed by atoms with Crippen molar-refractivity contribution in [2.75, 3.05) is 19.6 Å². The van der Waals surface area contributed by atoms with E-state index in [1.807, 2.05) is 18.2 Å². The van der Waals surface area contributed by atoms with Crippen molar-refractivity contribution >= 4 is 35.4 Å². The summed E-state index contributed by atoms with van der Waals surface area (Å²) in [6, 6.07) is 12.8. The number of guanidine groups is 1. The van der Waals surface area contributed by atoms with Gasteiger partial charge in [-0.25, -0.2) is 0 Å². The summed E-state index contributed by atoms with van der Waals surface area (Å²) in [6.45, 7) is 0.589. The van der Waals surface area contributed by atoms with Crippen molar-refractivity contribution in [2.24, 2.45) is 33.7 Å². The Morgan fingerprint density at radius 3 is 1.93 bits per heavy atom. The van der Waals surface area contributed by atoms with E-state index in [-0.39, 0.29) is 50.2 Å². The number of nitrogens with zero attached hydrogens (tertiary/aromatic N) is 1. The second-order valence-corrected chi connectivity index (χ2v) is 10.7. The molecule has 0 bridgehead atoms. The fourth-order valence-electron chi connectivity index (χ4n) is 4.45. The fraction of sp³-hybridized carbons (Fsp3) is 0.419. The van der Waals surface area contributed by atoms with E-state index < -0.39 is 35.8 Å². The number of benzene rings is 2. The van der Waals surface area contributed by atoms with Gasteiger partial charge in [0.1, 0.15) is 24.0 Å². The number of hydrogen-bond acceptors (Lipinski definition) is 8. The number of carbonyl (C=O) groups excluding carboxylic acids is 4. The Labute approximate surface area is 269 Å². The van der Waals surface area contributed by atoms with Gasteiger partial charge in [-0.15, -0.1) is 0 Å². The predicted octanol–water partition coefficient (Wildman–Crippen LogP) is -1.57. The van der Waals surface area contributed by atoms with Gasteiger partial charge in [-0.2, -0.15) is 0 Å². The third-order valence-corrected chi connectivity index (χ3v) is 6.98. The third kappa shape index (κ3) is 13.7. The number of nitrogens with two attached hydrogens (primary N) is 5. The molecule has 250 valence electrons. The van der Waals surface area contributed by atoms with Crippen LogP contribution >= 0.6 is 0 Å². The number of aliphatic imine (C=N–C) groups is 1. The second kappa shape index (κ2) is 20.1. The van der Waals surface area contributed by atoms with Crippen LogP contribution in [0.25, 0.3) is 0 Å². The lowest BCUT2D eigenvalue weighted by molar-refractivity contribution is -0.133. The molecule has 0 radical (unpaired) electrons. The number of nitrogen functional groups attached to an aromatic ring is 1. The first-order valence-corrected chi connectivity index (χ1v) is 15.1. The van der Waals surface area contributed by atoms with E-state index in [1.165, 1.54) is 0 Å². The minimum Gasteiger partial charge on any atom is -0.384 e. The first-order chi connectivity index (χ1) is 22.0. The molecule has 0 unspecified atom stereocenters. The molecule has 0 aliphatic rings. The standard InChI is InChI=1S/C31H47N11O4/c32-15-5-4-9-23(28(44)39-19-21-11-13-22(14-12-21)27(34)35)41-30(46)25(18-33)42-29(45)24(10-6-16-38-31(36)37)40-26(43)17-20-7-2-1-3-8-20/h1-3,7-8,11-14,23-25H,4-6,9-10,15-19,32-33H2,(H3,34,35)(H,39,44)(H,40,43)(H,41,46)(H,42,45)(H4,36,37,38)/t23-,24-,25-/m0/s1. The molecule has 3 atom stereocenters. The van der Waals surface area contributed by atoms with E-state index in [0.717, 1.165) is 11.1 Å². The maximum atomic E-state index is 13.3. The SMILES string of the molecule is N=C(N)c1ccc(CNC(=O)[C@H](CCCCN)NC(=O)[C@H](CN)NC(=O)[C@H](CCCN=C(N)N)NC(=O)Cc2ccccc2)cc1. The Bertz CT molecular complexity index is 1320. The molecule has 46 heavy (non-hydrogen) atoms. The summed E-state index contributed by atoms with van der Waals surface area (Å²) in [7, 11) is 0. The van der Waals surface area contributed by atoms with Crippen LogP contribution < -0.4 is 49.9 Å². The lowest BCUT2D eigenvalue weighted by Crippen LogP contribution is -2.58. The van der Waals surface area contributed by atoms with Crippen LogP contribution in [0.15, 0.2) is 59.6 Å². The van der Waals surface area contributed by atoms with Crippen LogP contribution in [0.3, 0.4) is 0 Å². The molecule has 15 nitrogen and oxygen atoms in total. The van der Waals surface area contributed by atoms with Crippen LogP contribution in [-0.2, 0) is 32.1 Å². The van der Waals surface area contributed by atoms with Gasteiger partial charge >= 0.3 is 0 Å². The van der Waals surface area contributed by atoms with E-state index in [9.17, 15) is 19.2 Å². The van der Waals surface area contributed by atoms with Gasteiger partial charge < -0.3 is 49.9 Å². The molecule has 15 N–H and O–H groups in total. The second-order valence-electron chi connectivity index (χ2n) is 10.7. The lowest BCUT2D eigenvalue weighted by Gasteiger charge is -2.25. The number of hydrogen-bond donors (Lipinski definition) is 10. The van der Waals surface area contributed by atoms with Crippen molar-refractivity contribution in [3.8, 4) is 0 Å². The molecule has 4 amide bonds. The van der Waals surface area contributed by atoms with Crippen LogP contribution in [0.4, 0.5) is 0 Å². The lowest BCUT2D eigenvalue weighted by atomic mass is 10.1. The highest BCUT2D eigenvalue weighted by molar-refractivity contribution is 5.95. The molecule has 0 saturated heterocycles. The molecule has 2 aromatic rings. The fourth-order valence-corrected chi connectivity index (χ4v) is 4.45. The normalized spacial score (nSPS) is 12.6. The van der Waals surface area contributed by atoms with Gasteiger partial charge in [0.05, 0.1) is 6.42 Å². The highest BCUT2D eigenvalue weighted by Crippen LogP contribution is 2.07. The molecular formula is C31H47N11O4. The average molecular weight is 638 g/mol. The maximum Gasteiger partial charge on any atom is 0.244 e. The summed E-state index contributed by atoms with van der Waals surface area (Å²) < 4.78 is 0. The summed E-state index contributed by atoms with van der Waals surface area (Å²) >= 11 is 0. The molecule has 0 spiro atoms. The van der Waals surface area contributed by atoms with Gasteiger partial charge in [-0.05, 0) is 49.8 Å². The molecule has 0 aromatic heterocycles.